The quantitative estimate of drug-likeness (QED) is 0.588. The Morgan fingerprint density at radius 3 is 2.79 bits per heavy atom. The van der Waals surface area contributed by atoms with Gasteiger partial charge in [-0.05, 0) is 42.8 Å². The zero-order valence-electron chi connectivity index (χ0n) is 12.9. The Hall–Kier alpha value is -2.18. The smallest absolute Gasteiger partial charge is 0.270 e. The van der Waals surface area contributed by atoms with Crippen molar-refractivity contribution in [2.75, 3.05) is 11.5 Å². The molecule has 1 saturated heterocycles. The van der Waals surface area contributed by atoms with Crippen molar-refractivity contribution in [2.45, 2.75) is 6.92 Å². The van der Waals surface area contributed by atoms with Crippen LogP contribution in [-0.4, -0.2) is 16.8 Å². The minimum atomic E-state index is -0.346. The van der Waals surface area contributed by atoms with Crippen LogP contribution in [0.5, 0.6) is 5.75 Å². The predicted molar refractivity (Wildman–Crippen MR) is 99.7 cm³/mol. The minimum Gasteiger partial charge on any atom is -0.492 e. The van der Waals surface area contributed by atoms with Gasteiger partial charge in [0, 0.05) is 0 Å². The lowest BCUT2D eigenvalue weighted by Crippen LogP contribution is -2.28. The summed E-state index contributed by atoms with van der Waals surface area (Å²) in [5.41, 5.74) is 1.23. The zero-order chi connectivity index (χ0) is 17.1. The fourth-order valence-electron chi connectivity index (χ4n) is 2.34. The Balaban J connectivity index is 1.95. The molecule has 1 heterocycles. The molecule has 0 bridgehead atoms. The lowest BCUT2D eigenvalue weighted by molar-refractivity contribution is -0.113. The maximum Gasteiger partial charge on any atom is 0.270 e. The predicted octanol–water partition coefficient (Wildman–Crippen LogP) is 4.63. The molecule has 0 aliphatic carbocycles. The van der Waals surface area contributed by atoms with E-state index < -0.39 is 0 Å². The second kappa shape index (κ2) is 7.15. The average Bonchev–Trinajstić information content (AvgIpc) is 2.82. The molecule has 1 aliphatic rings. The Kier molecular flexibility index (Phi) is 4.97. The number of carbonyl (C=O) groups excluding carboxylic acids is 1. The van der Waals surface area contributed by atoms with E-state index in [-0.39, 0.29) is 11.7 Å². The van der Waals surface area contributed by atoms with E-state index in [0.29, 0.717) is 32.8 Å². The van der Waals surface area contributed by atoms with Crippen molar-refractivity contribution in [3.05, 3.63) is 64.8 Å². The number of amides is 1. The van der Waals surface area contributed by atoms with Gasteiger partial charge in [0.1, 0.15) is 11.6 Å². The van der Waals surface area contributed by atoms with Gasteiger partial charge in [-0.3, -0.25) is 9.69 Å². The molecule has 1 aliphatic heterocycles. The number of rotatable bonds is 4. The highest BCUT2D eigenvalue weighted by molar-refractivity contribution is 8.27. The number of halogens is 1. The van der Waals surface area contributed by atoms with Crippen LogP contribution in [0.25, 0.3) is 6.08 Å². The van der Waals surface area contributed by atoms with E-state index in [1.165, 1.54) is 28.8 Å². The van der Waals surface area contributed by atoms with Crippen molar-refractivity contribution in [1.82, 2.24) is 0 Å². The molecule has 0 aromatic heterocycles. The molecule has 0 atom stereocenters. The molecule has 0 radical (unpaired) electrons. The van der Waals surface area contributed by atoms with E-state index in [4.69, 9.17) is 17.0 Å². The van der Waals surface area contributed by atoms with Crippen LogP contribution in [0.15, 0.2) is 53.4 Å². The van der Waals surface area contributed by atoms with E-state index in [9.17, 15) is 9.18 Å². The van der Waals surface area contributed by atoms with Crippen molar-refractivity contribution >= 4 is 46.0 Å². The van der Waals surface area contributed by atoms with E-state index >= 15 is 0 Å². The number of thiocarbonyl (C=S) groups is 1. The van der Waals surface area contributed by atoms with Gasteiger partial charge in [-0.1, -0.05) is 48.2 Å². The molecule has 122 valence electrons. The third kappa shape index (κ3) is 3.34. The molecule has 0 spiro atoms. The number of nitrogens with zero attached hydrogens (tertiary/aromatic N) is 1. The van der Waals surface area contributed by atoms with Gasteiger partial charge in [0.15, 0.2) is 4.32 Å². The fourth-order valence-corrected chi connectivity index (χ4v) is 3.63. The highest BCUT2D eigenvalue weighted by Gasteiger charge is 2.34. The standard InChI is InChI=1S/C18H14FNO2S2/c1-2-22-15-9-4-3-8-14(15)20-17(21)16(24-18(20)23)11-12-6-5-7-13(19)10-12/h3-11H,2H2,1H3/b16-11+. The summed E-state index contributed by atoms with van der Waals surface area (Å²) in [5.74, 6) is 0.0191. The van der Waals surface area contributed by atoms with Gasteiger partial charge in [-0.2, -0.15) is 0 Å². The summed E-state index contributed by atoms with van der Waals surface area (Å²) in [6.07, 6.45) is 1.64. The van der Waals surface area contributed by atoms with Gasteiger partial charge in [0.2, 0.25) is 0 Å². The SMILES string of the molecule is CCOc1ccccc1N1C(=O)/C(=C\c2cccc(F)c2)SC1=S. The van der Waals surface area contributed by atoms with E-state index in [1.54, 1.807) is 30.3 Å². The zero-order valence-corrected chi connectivity index (χ0v) is 14.5. The van der Waals surface area contributed by atoms with Crippen LogP contribution in [-0.2, 0) is 4.79 Å². The van der Waals surface area contributed by atoms with Crippen LogP contribution in [0.4, 0.5) is 10.1 Å². The van der Waals surface area contributed by atoms with Crippen LogP contribution in [0.3, 0.4) is 0 Å². The summed E-state index contributed by atoms with van der Waals surface area (Å²) in [6, 6.07) is 13.3. The first-order valence-electron chi connectivity index (χ1n) is 7.35. The fraction of sp³-hybridized carbons (Fsp3) is 0.111. The topological polar surface area (TPSA) is 29.5 Å². The molecule has 1 fully saturated rings. The number of ether oxygens (including phenoxy) is 1. The summed E-state index contributed by atoms with van der Waals surface area (Å²) in [5, 5.41) is 0. The van der Waals surface area contributed by atoms with Crippen molar-refractivity contribution in [3.8, 4) is 5.75 Å². The number of thioether (sulfide) groups is 1. The van der Waals surface area contributed by atoms with Gasteiger partial charge in [0.25, 0.3) is 5.91 Å². The van der Waals surface area contributed by atoms with Crippen LogP contribution >= 0.6 is 24.0 Å². The Labute approximate surface area is 149 Å². The maximum absolute atomic E-state index is 13.3. The van der Waals surface area contributed by atoms with Gasteiger partial charge >= 0.3 is 0 Å². The Morgan fingerprint density at radius 1 is 1.25 bits per heavy atom. The number of benzene rings is 2. The van der Waals surface area contributed by atoms with Crippen LogP contribution in [0.2, 0.25) is 0 Å². The monoisotopic (exact) mass is 359 g/mol. The number of carbonyl (C=O) groups is 1. The van der Waals surface area contributed by atoms with Crippen molar-refractivity contribution in [3.63, 3.8) is 0 Å². The second-order valence-electron chi connectivity index (χ2n) is 4.97. The highest BCUT2D eigenvalue weighted by atomic mass is 32.2. The summed E-state index contributed by atoms with van der Waals surface area (Å²) in [6.45, 7) is 2.37. The lowest BCUT2D eigenvalue weighted by Gasteiger charge is -2.18. The normalized spacial score (nSPS) is 16.1. The molecule has 2 aromatic carbocycles. The Bertz CT molecular complexity index is 835. The van der Waals surface area contributed by atoms with Crippen LogP contribution in [0.1, 0.15) is 12.5 Å². The lowest BCUT2D eigenvalue weighted by atomic mass is 10.2. The number of para-hydroxylation sites is 2. The molecule has 0 saturated carbocycles. The van der Waals surface area contributed by atoms with Crippen LogP contribution < -0.4 is 9.64 Å². The molecular weight excluding hydrogens is 345 g/mol. The van der Waals surface area contributed by atoms with Gasteiger partial charge in [-0.15, -0.1) is 0 Å². The van der Waals surface area contributed by atoms with Crippen molar-refractivity contribution in [2.24, 2.45) is 0 Å². The third-order valence-electron chi connectivity index (χ3n) is 3.35. The number of hydrogen-bond acceptors (Lipinski definition) is 4. The summed E-state index contributed by atoms with van der Waals surface area (Å²) < 4.78 is 19.3. The minimum absolute atomic E-state index is 0.235. The van der Waals surface area contributed by atoms with Crippen molar-refractivity contribution < 1.29 is 13.9 Å². The van der Waals surface area contributed by atoms with Gasteiger partial charge in [0.05, 0.1) is 17.2 Å². The van der Waals surface area contributed by atoms with Gasteiger partial charge < -0.3 is 4.74 Å². The summed E-state index contributed by atoms with van der Waals surface area (Å²) in [4.78, 5) is 14.7. The van der Waals surface area contributed by atoms with Crippen molar-refractivity contribution in [1.29, 1.82) is 0 Å². The molecule has 24 heavy (non-hydrogen) atoms. The first-order chi connectivity index (χ1) is 11.6. The first kappa shape index (κ1) is 16.7. The number of hydrogen-bond donors (Lipinski definition) is 0. The van der Waals surface area contributed by atoms with E-state index in [2.05, 4.69) is 0 Å². The van der Waals surface area contributed by atoms with Gasteiger partial charge in [-0.25, -0.2) is 4.39 Å². The maximum atomic E-state index is 13.3. The largest absolute Gasteiger partial charge is 0.492 e. The average molecular weight is 359 g/mol. The summed E-state index contributed by atoms with van der Waals surface area (Å²) >= 11 is 6.56. The second-order valence-corrected chi connectivity index (χ2v) is 6.65. The summed E-state index contributed by atoms with van der Waals surface area (Å²) in [7, 11) is 0. The molecule has 6 heteroatoms. The first-order valence-corrected chi connectivity index (χ1v) is 8.58. The Morgan fingerprint density at radius 2 is 2.04 bits per heavy atom. The number of anilines is 1. The van der Waals surface area contributed by atoms with E-state index in [0.717, 1.165) is 0 Å². The van der Waals surface area contributed by atoms with Crippen LogP contribution in [0, 0.1) is 5.82 Å². The van der Waals surface area contributed by atoms with E-state index in [1.807, 2.05) is 19.1 Å². The molecule has 3 nitrogen and oxygen atoms in total. The molecular formula is C18H14FNO2S2. The molecule has 3 rings (SSSR count). The molecule has 0 unspecified atom stereocenters. The third-order valence-corrected chi connectivity index (χ3v) is 4.65. The molecule has 0 N–H and O–H groups in total. The highest BCUT2D eigenvalue weighted by Crippen LogP contribution is 2.39. The molecule has 2 aromatic rings. The molecule has 1 amide bonds.